The van der Waals surface area contributed by atoms with Crippen molar-refractivity contribution in [1.82, 2.24) is 15.2 Å². The fourth-order valence-electron chi connectivity index (χ4n) is 5.00. The summed E-state index contributed by atoms with van der Waals surface area (Å²) in [6, 6.07) is 4.10. The van der Waals surface area contributed by atoms with E-state index in [9.17, 15) is 4.79 Å². The molecule has 1 spiro atoms. The number of nitrogens with zero attached hydrogens (tertiary/aromatic N) is 4. The Labute approximate surface area is 173 Å². The number of amides is 1. The number of carbonyl (C=O) groups is 1. The van der Waals surface area contributed by atoms with Crippen molar-refractivity contribution in [3.8, 4) is 0 Å². The lowest BCUT2D eigenvalue weighted by Gasteiger charge is -2.38. The van der Waals surface area contributed by atoms with Crippen LogP contribution in [0.2, 0.25) is 0 Å². The predicted molar refractivity (Wildman–Crippen MR) is 116 cm³/mol. The first-order valence-electron chi connectivity index (χ1n) is 11.1. The first-order valence-corrected chi connectivity index (χ1v) is 11.1. The van der Waals surface area contributed by atoms with Crippen LogP contribution in [0.4, 0.5) is 5.82 Å². The summed E-state index contributed by atoms with van der Waals surface area (Å²) in [5.41, 5.74) is 7.17. The van der Waals surface area contributed by atoms with Gasteiger partial charge in [-0.15, -0.1) is 0 Å². The maximum absolute atomic E-state index is 11.5. The van der Waals surface area contributed by atoms with E-state index in [1.54, 1.807) is 0 Å². The molecule has 0 unspecified atom stereocenters. The lowest BCUT2D eigenvalue weighted by molar-refractivity contribution is -0.122. The number of hydrogen-bond donors (Lipinski definition) is 2. The number of nitrogens with two attached hydrogens (primary N) is 1. The average molecular weight is 399 g/mol. The lowest BCUT2D eigenvalue weighted by atomic mass is 9.68. The van der Waals surface area contributed by atoms with Crippen molar-refractivity contribution in [1.29, 1.82) is 0 Å². The molecule has 3 fully saturated rings. The summed E-state index contributed by atoms with van der Waals surface area (Å²) in [6.07, 6.45) is 8.86. The zero-order valence-electron chi connectivity index (χ0n) is 17.6. The highest BCUT2D eigenvalue weighted by molar-refractivity contribution is 5.80. The number of aliphatic imine (C=N–C) groups is 1. The minimum absolute atomic E-state index is 0.00853. The fraction of sp³-hybridized carbons (Fsp3) is 0.682. The van der Waals surface area contributed by atoms with Crippen molar-refractivity contribution in [3.05, 3.63) is 23.9 Å². The van der Waals surface area contributed by atoms with E-state index in [4.69, 9.17) is 10.7 Å². The highest BCUT2D eigenvalue weighted by Gasteiger charge is 2.43. The van der Waals surface area contributed by atoms with Crippen molar-refractivity contribution in [2.45, 2.75) is 52.0 Å². The molecule has 0 bridgehead atoms. The number of anilines is 1. The molecule has 1 aromatic heterocycles. The summed E-state index contributed by atoms with van der Waals surface area (Å²) in [7, 11) is 0. The topological polar surface area (TPSA) is 86.9 Å². The van der Waals surface area contributed by atoms with Gasteiger partial charge < -0.3 is 20.9 Å². The normalized spacial score (nSPS) is 22.0. The Morgan fingerprint density at radius 1 is 1.31 bits per heavy atom. The van der Waals surface area contributed by atoms with Crippen LogP contribution in [0.5, 0.6) is 0 Å². The third kappa shape index (κ3) is 4.33. The molecule has 7 heteroatoms. The van der Waals surface area contributed by atoms with Crippen molar-refractivity contribution in [2.24, 2.45) is 22.1 Å². The third-order valence-electron chi connectivity index (χ3n) is 6.95. The summed E-state index contributed by atoms with van der Waals surface area (Å²) < 4.78 is 0. The SMILES string of the molecule is CCNC(=NCc1cccnc1N1CCC(C(N)=O)CC1)N1CCC2(CCC2)C1. The summed E-state index contributed by atoms with van der Waals surface area (Å²) in [4.78, 5) is 25.8. The molecule has 2 aliphatic heterocycles. The Morgan fingerprint density at radius 3 is 2.72 bits per heavy atom. The molecule has 1 saturated carbocycles. The molecule has 1 amide bonds. The van der Waals surface area contributed by atoms with Gasteiger partial charge in [0.1, 0.15) is 5.82 Å². The van der Waals surface area contributed by atoms with Crippen LogP contribution in [-0.4, -0.2) is 54.5 Å². The van der Waals surface area contributed by atoms with Crippen LogP contribution in [-0.2, 0) is 11.3 Å². The number of pyridine rings is 1. The Kier molecular flexibility index (Phi) is 5.92. The van der Waals surface area contributed by atoms with E-state index in [-0.39, 0.29) is 11.8 Å². The maximum Gasteiger partial charge on any atom is 0.220 e. The van der Waals surface area contributed by atoms with Gasteiger partial charge >= 0.3 is 0 Å². The van der Waals surface area contributed by atoms with E-state index in [1.165, 1.54) is 25.7 Å². The smallest absolute Gasteiger partial charge is 0.220 e. The van der Waals surface area contributed by atoms with E-state index in [0.29, 0.717) is 12.0 Å². The van der Waals surface area contributed by atoms with Gasteiger partial charge in [0.2, 0.25) is 5.91 Å². The highest BCUT2D eigenvalue weighted by Crippen LogP contribution is 2.47. The molecule has 2 saturated heterocycles. The van der Waals surface area contributed by atoms with E-state index in [0.717, 1.165) is 62.9 Å². The van der Waals surface area contributed by atoms with E-state index < -0.39 is 0 Å². The minimum atomic E-state index is -0.180. The van der Waals surface area contributed by atoms with Crippen LogP contribution in [0, 0.1) is 11.3 Å². The molecule has 1 aromatic rings. The van der Waals surface area contributed by atoms with Gasteiger partial charge in [-0.25, -0.2) is 9.98 Å². The second kappa shape index (κ2) is 8.59. The number of piperidine rings is 1. The number of rotatable bonds is 5. The molecule has 158 valence electrons. The van der Waals surface area contributed by atoms with Gasteiger partial charge in [-0.2, -0.15) is 0 Å². The lowest BCUT2D eigenvalue weighted by Crippen LogP contribution is -2.42. The molecule has 1 aliphatic carbocycles. The molecule has 3 aliphatic rings. The van der Waals surface area contributed by atoms with Crippen molar-refractivity contribution in [2.75, 3.05) is 37.6 Å². The van der Waals surface area contributed by atoms with Gasteiger partial charge in [0, 0.05) is 50.4 Å². The number of aromatic nitrogens is 1. The van der Waals surface area contributed by atoms with Crippen molar-refractivity contribution < 1.29 is 4.79 Å². The molecule has 0 atom stereocenters. The van der Waals surface area contributed by atoms with Crippen molar-refractivity contribution >= 4 is 17.7 Å². The van der Waals surface area contributed by atoms with Crippen LogP contribution in [0.1, 0.15) is 51.0 Å². The van der Waals surface area contributed by atoms with Gasteiger partial charge in [0.05, 0.1) is 6.54 Å². The molecule has 29 heavy (non-hydrogen) atoms. The second-order valence-corrected chi connectivity index (χ2v) is 8.85. The van der Waals surface area contributed by atoms with Gasteiger partial charge in [0.15, 0.2) is 5.96 Å². The molecule has 3 heterocycles. The third-order valence-corrected chi connectivity index (χ3v) is 6.95. The van der Waals surface area contributed by atoms with E-state index in [1.807, 2.05) is 12.3 Å². The minimum Gasteiger partial charge on any atom is -0.369 e. The average Bonchev–Trinajstić information content (AvgIpc) is 3.18. The molecule has 4 rings (SSSR count). The second-order valence-electron chi connectivity index (χ2n) is 8.85. The molecule has 0 radical (unpaired) electrons. The number of carbonyl (C=O) groups excluding carboxylic acids is 1. The Hall–Kier alpha value is -2.31. The Bertz CT molecular complexity index is 751. The highest BCUT2D eigenvalue weighted by atomic mass is 16.1. The standard InChI is InChI=1S/C22H34N6O/c1-2-24-21(28-14-10-22(16-28)8-4-9-22)26-15-18-5-3-11-25-20(18)27-12-6-17(7-13-27)19(23)29/h3,5,11,17H,2,4,6-10,12-16H2,1H3,(H2,23,29)(H,24,26). The number of likely N-dealkylation sites (tertiary alicyclic amines) is 1. The van der Waals surface area contributed by atoms with Gasteiger partial charge in [-0.3, -0.25) is 4.79 Å². The van der Waals surface area contributed by atoms with Crippen LogP contribution in [0.3, 0.4) is 0 Å². The monoisotopic (exact) mass is 398 g/mol. The molecule has 3 N–H and O–H groups in total. The summed E-state index contributed by atoms with van der Waals surface area (Å²) in [6.45, 7) is 7.49. The van der Waals surface area contributed by atoms with Crippen LogP contribution in [0.25, 0.3) is 0 Å². The van der Waals surface area contributed by atoms with Crippen LogP contribution in [0.15, 0.2) is 23.3 Å². The van der Waals surface area contributed by atoms with Gasteiger partial charge in [-0.1, -0.05) is 12.5 Å². The zero-order valence-corrected chi connectivity index (χ0v) is 17.6. The molecule has 7 nitrogen and oxygen atoms in total. The number of nitrogens with one attached hydrogen (secondary N) is 1. The van der Waals surface area contributed by atoms with Crippen LogP contribution < -0.4 is 16.0 Å². The summed E-state index contributed by atoms with van der Waals surface area (Å²) >= 11 is 0. The molecular formula is C22H34N6O. The quantitative estimate of drug-likeness (QED) is 0.586. The Morgan fingerprint density at radius 2 is 2.10 bits per heavy atom. The fourth-order valence-corrected chi connectivity index (χ4v) is 5.00. The van der Waals surface area contributed by atoms with Crippen LogP contribution >= 0.6 is 0 Å². The van der Waals surface area contributed by atoms with E-state index >= 15 is 0 Å². The number of hydrogen-bond acceptors (Lipinski definition) is 4. The first-order chi connectivity index (χ1) is 14.1. The maximum atomic E-state index is 11.5. The van der Waals surface area contributed by atoms with E-state index in [2.05, 4.69) is 33.1 Å². The largest absolute Gasteiger partial charge is 0.369 e. The Balaban J connectivity index is 1.45. The van der Waals surface area contributed by atoms with Gasteiger partial charge in [-0.05, 0) is 50.5 Å². The first kappa shape index (κ1) is 20.0. The molecule has 0 aromatic carbocycles. The van der Waals surface area contributed by atoms with Crippen molar-refractivity contribution in [3.63, 3.8) is 0 Å². The van der Waals surface area contributed by atoms with Gasteiger partial charge in [0.25, 0.3) is 0 Å². The summed E-state index contributed by atoms with van der Waals surface area (Å²) in [5.74, 6) is 1.83. The zero-order chi connectivity index (χ0) is 20.3. The number of guanidine groups is 1. The predicted octanol–water partition coefficient (Wildman–Crippen LogP) is 2.12. The summed E-state index contributed by atoms with van der Waals surface area (Å²) in [5, 5.41) is 3.49. The number of primary amides is 1. The molecular weight excluding hydrogens is 364 g/mol.